The molecule has 1 N–H and O–H groups in total. The second-order valence-corrected chi connectivity index (χ2v) is 5.93. The van der Waals surface area contributed by atoms with Crippen molar-refractivity contribution in [3.63, 3.8) is 0 Å². The van der Waals surface area contributed by atoms with Crippen LogP contribution in [-0.4, -0.2) is 30.7 Å². The van der Waals surface area contributed by atoms with E-state index in [0.717, 1.165) is 30.8 Å². The van der Waals surface area contributed by atoms with Crippen molar-refractivity contribution in [3.05, 3.63) is 23.8 Å². The summed E-state index contributed by atoms with van der Waals surface area (Å²) in [7, 11) is 0. The van der Waals surface area contributed by atoms with Gasteiger partial charge in [-0.05, 0) is 25.1 Å². The van der Waals surface area contributed by atoms with Gasteiger partial charge in [0.1, 0.15) is 0 Å². The number of thiazole rings is 1. The molecule has 20 heavy (non-hydrogen) atoms. The predicted octanol–water partition coefficient (Wildman–Crippen LogP) is 3.11. The van der Waals surface area contributed by atoms with E-state index >= 15 is 0 Å². The van der Waals surface area contributed by atoms with Gasteiger partial charge in [-0.15, -0.1) is 0 Å². The van der Waals surface area contributed by atoms with Crippen LogP contribution in [0.5, 0.6) is 0 Å². The highest BCUT2D eigenvalue weighted by Gasteiger charge is 2.31. The summed E-state index contributed by atoms with van der Waals surface area (Å²) in [6.45, 7) is 4.64. The maximum absolute atomic E-state index is 12.7. The molecule has 108 valence electrons. The molecular weight excluding hydrogens is 287 g/mol. The minimum absolute atomic E-state index is 0.298. The fourth-order valence-electron chi connectivity index (χ4n) is 2.34. The third kappa shape index (κ3) is 2.47. The number of alkyl halides is 3. The maximum Gasteiger partial charge on any atom is 0.416 e. The smallest absolute Gasteiger partial charge is 0.343 e. The molecule has 1 aliphatic rings. The van der Waals surface area contributed by atoms with Crippen molar-refractivity contribution in [2.24, 2.45) is 0 Å². The number of hydrogen-bond donors (Lipinski definition) is 1. The van der Waals surface area contributed by atoms with E-state index in [2.05, 4.69) is 22.1 Å². The summed E-state index contributed by atoms with van der Waals surface area (Å²) < 4.78 is 38.7. The van der Waals surface area contributed by atoms with Crippen LogP contribution in [0, 0.1) is 0 Å². The van der Waals surface area contributed by atoms with Gasteiger partial charge >= 0.3 is 6.18 Å². The molecular formula is C13H14F3N3S. The molecule has 0 amide bonds. The van der Waals surface area contributed by atoms with Crippen molar-refractivity contribution < 1.29 is 13.2 Å². The van der Waals surface area contributed by atoms with Crippen LogP contribution in [0.25, 0.3) is 10.2 Å². The van der Waals surface area contributed by atoms with E-state index in [-0.39, 0.29) is 0 Å². The number of hydrogen-bond acceptors (Lipinski definition) is 4. The summed E-state index contributed by atoms with van der Waals surface area (Å²) in [4.78, 5) is 6.61. The second-order valence-electron chi connectivity index (χ2n) is 4.92. The standard InChI is InChI=1S/C13H14F3N3S/c1-8-7-17-4-5-19(8)12-18-10-3-2-9(13(14,15)16)6-11(10)20-12/h2-3,6,8,17H,4-5,7H2,1H3/t8-/m1/s1. The van der Waals surface area contributed by atoms with E-state index in [0.29, 0.717) is 16.3 Å². The predicted molar refractivity (Wildman–Crippen MR) is 74.3 cm³/mol. The summed E-state index contributed by atoms with van der Waals surface area (Å²) in [6, 6.07) is 4.02. The highest BCUT2D eigenvalue weighted by atomic mass is 32.1. The third-order valence-electron chi connectivity index (χ3n) is 3.45. The van der Waals surface area contributed by atoms with Crippen LogP contribution in [-0.2, 0) is 6.18 Å². The van der Waals surface area contributed by atoms with E-state index in [4.69, 9.17) is 0 Å². The lowest BCUT2D eigenvalue weighted by molar-refractivity contribution is -0.137. The van der Waals surface area contributed by atoms with E-state index in [1.54, 1.807) is 0 Å². The first kappa shape index (κ1) is 13.6. The molecule has 1 aliphatic heterocycles. The molecule has 0 unspecified atom stereocenters. The Morgan fingerprint density at radius 3 is 2.90 bits per heavy atom. The van der Waals surface area contributed by atoms with Gasteiger partial charge in [-0.1, -0.05) is 11.3 Å². The topological polar surface area (TPSA) is 28.2 Å². The van der Waals surface area contributed by atoms with E-state index in [1.165, 1.54) is 23.5 Å². The molecule has 0 radical (unpaired) electrons. The first-order chi connectivity index (χ1) is 9.45. The molecule has 1 aromatic carbocycles. The highest BCUT2D eigenvalue weighted by Crippen LogP contribution is 2.35. The van der Waals surface area contributed by atoms with Crippen molar-refractivity contribution in [3.8, 4) is 0 Å². The summed E-state index contributed by atoms with van der Waals surface area (Å²) in [6.07, 6.45) is -4.30. The normalized spacial score (nSPS) is 20.6. The van der Waals surface area contributed by atoms with Gasteiger partial charge in [-0.3, -0.25) is 0 Å². The number of benzene rings is 1. The molecule has 3 nitrogen and oxygen atoms in total. The first-order valence-corrected chi connectivity index (χ1v) is 7.22. The van der Waals surface area contributed by atoms with Crippen LogP contribution >= 0.6 is 11.3 Å². The molecule has 0 bridgehead atoms. The number of nitrogens with one attached hydrogen (secondary N) is 1. The van der Waals surface area contributed by atoms with Gasteiger partial charge in [-0.2, -0.15) is 13.2 Å². The molecule has 7 heteroatoms. The number of piperazine rings is 1. The minimum Gasteiger partial charge on any atom is -0.343 e. The molecule has 1 aromatic heterocycles. The minimum atomic E-state index is -4.30. The van der Waals surface area contributed by atoms with Crippen molar-refractivity contribution in [2.75, 3.05) is 24.5 Å². The van der Waals surface area contributed by atoms with E-state index in [9.17, 15) is 13.2 Å². The van der Waals surface area contributed by atoms with Crippen molar-refractivity contribution >= 4 is 26.7 Å². The van der Waals surface area contributed by atoms with Gasteiger partial charge in [0.15, 0.2) is 5.13 Å². The lowest BCUT2D eigenvalue weighted by atomic mass is 10.2. The van der Waals surface area contributed by atoms with Crippen LogP contribution < -0.4 is 10.2 Å². The van der Waals surface area contributed by atoms with Crippen LogP contribution in [0.15, 0.2) is 18.2 Å². The number of rotatable bonds is 1. The SMILES string of the molecule is C[C@@H]1CNCCN1c1nc2ccc(C(F)(F)F)cc2s1. The van der Waals surface area contributed by atoms with Crippen molar-refractivity contribution in [1.29, 1.82) is 0 Å². The van der Waals surface area contributed by atoms with Gasteiger partial charge in [0.2, 0.25) is 0 Å². The molecule has 2 heterocycles. The molecule has 1 atom stereocenters. The van der Waals surface area contributed by atoms with Gasteiger partial charge in [0.05, 0.1) is 15.8 Å². The fourth-order valence-corrected chi connectivity index (χ4v) is 3.47. The zero-order chi connectivity index (χ0) is 14.3. The number of fused-ring (bicyclic) bond motifs is 1. The first-order valence-electron chi connectivity index (χ1n) is 6.40. The lowest BCUT2D eigenvalue weighted by Gasteiger charge is -2.33. The Morgan fingerprint density at radius 1 is 1.40 bits per heavy atom. The lowest BCUT2D eigenvalue weighted by Crippen LogP contribution is -2.49. The number of halogens is 3. The average molecular weight is 301 g/mol. The number of anilines is 1. The molecule has 0 saturated carbocycles. The van der Waals surface area contributed by atoms with Crippen LogP contribution in [0.4, 0.5) is 18.3 Å². The van der Waals surface area contributed by atoms with E-state index in [1.807, 2.05) is 0 Å². The van der Waals surface area contributed by atoms with Crippen LogP contribution in [0.3, 0.4) is 0 Å². The van der Waals surface area contributed by atoms with Crippen molar-refractivity contribution in [2.45, 2.75) is 19.1 Å². The Hall–Kier alpha value is -1.34. The summed E-state index contributed by atoms with van der Waals surface area (Å²) in [5.74, 6) is 0. The van der Waals surface area contributed by atoms with Gasteiger partial charge in [-0.25, -0.2) is 4.98 Å². The number of nitrogens with zero attached hydrogens (tertiary/aromatic N) is 2. The van der Waals surface area contributed by atoms with Crippen LogP contribution in [0.2, 0.25) is 0 Å². The average Bonchev–Trinajstić information content (AvgIpc) is 2.80. The van der Waals surface area contributed by atoms with Gasteiger partial charge < -0.3 is 10.2 Å². The Kier molecular flexibility index (Phi) is 3.33. The van der Waals surface area contributed by atoms with Gasteiger partial charge in [0.25, 0.3) is 0 Å². The highest BCUT2D eigenvalue weighted by molar-refractivity contribution is 7.22. The monoisotopic (exact) mass is 301 g/mol. The van der Waals surface area contributed by atoms with Crippen LogP contribution in [0.1, 0.15) is 12.5 Å². The fraction of sp³-hybridized carbons (Fsp3) is 0.462. The van der Waals surface area contributed by atoms with Gasteiger partial charge in [0, 0.05) is 25.7 Å². The molecule has 3 rings (SSSR count). The Morgan fingerprint density at radius 2 is 2.20 bits per heavy atom. The Bertz CT molecular complexity index is 623. The summed E-state index contributed by atoms with van der Waals surface area (Å²) in [5, 5.41) is 4.08. The molecule has 1 saturated heterocycles. The molecule has 1 fully saturated rings. The summed E-state index contributed by atoms with van der Waals surface area (Å²) >= 11 is 1.32. The molecule has 0 aliphatic carbocycles. The maximum atomic E-state index is 12.7. The number of aromatic nitrogens is 1. The zero-order valence-electron chi connectivity index (χ0n) is 10.9. The second kappa shape index (κ2) is 4.89. The largest absolute Gasteiger partial charge is 0.416 e. The molecule has 2 aromatic rings. The quantitative estimate of drug-likeness (QED) is 0.877. The summed E-state index contributed by atoms with van der Waals surface area (Å²) in [5.41, 5.74) is 0.0114. The Labute approximate surface area is 118 Å². The third-order valence-corrected chi connectivity index (χ3v) is 4.51. The zero-order valence-corrected chi connectivity index (χ0v) is 11.7. The van der Waals surface area contributed by atoms with Crippen molar-refractivity contribution in [1.82, 2.24) is 10.3 Å². The molecule has 0 spiro atoms. The Balaban J connectivity index is 1.98. The van der Waals surface area contributed by atoms with E-state index < -0.39 is 11.7 Å².